The molecule has 0 amide bonds. The minimum absolute atomic E-state index is 0.0219. The lowest BCUT2D eigenvalue weighted by atomic mass is 10.2. The van der Waals surface area contributed by atoms with Crippen LogP contribution in [0.15, 0.2) is 58.3 Å². The van der Waals surface area contributed by atoms with Crippen LogP contribution in [-0.4, -0.2) is 8.42 Å². The van der Waals surface area contributed by atoms with E-state index in [-0.39, 0.29) is 14.9 Å². The SMILES string of the molecule is N#C/C(=C/c1ccccc1)S(=O)(=O)c1cc(Cl)ccc1Cl. The quantitative estimate of drug-likeness (QED) is 0.783. The van der Waals surface area contributed by atoms with E-state index in [1.807, 2.05) is 0 Å². The van der Waals surface area contributed by atoms with Gasteiger partial charge in [-0.1, -0.05) is 53.5 Å². The predicted molar refractivity (Wildman–Crippen MR) is 83.7 cm³/mol. The monoisotopic (exact) mass is 337 g/mol. The molecule has 0 radical (unpaired) electrons. The van der Waals surface area contributed by atoms with Gasteiger partial charge < -0.3 is 0 Å². The topological polar surface area (TPSA) is 57.9 Å². The van der Waals surface area contributed by atoms with E-state index < -0.39 is 14.7 Å². The molecule has 0 fully saturated rings. The van der Waals surface area contributed by atoms with E-state index in [4.69, 9.17) is 23.2 Å². The maximum Gasteiger partial charge on any atom is 0.218 e. The molecule has 0 atom stereocenters. The number of benzene rings is 2. The summed E-state index contributed by atoms with van der Waals surface area (Å²) in [7, 11) is -4.02. The molecular weight excluding hydrogens is 329 g/mol. The molecule has 106 valence electrons. The van der Waals surface area contributed by atoms with Gasteiger partial charge in [-0.15, -0.1) is 0 Å². The molecular formula is C15H9Cl2NO2S. The third-order valence-corrected chi connectivity index (χ3v) is 5.06. The number of nitrogens with zero attached hydrogens (tertiary/aromatic N) is 1. The molecule has 2 aromatic rings. The molecule has 6 heteroatoms. The molecule has 0 aliphatic heterocycles. The first-order valence-corrected chi connectivity index (χ1v) is 8.06. The minimum atomic E-state index is -4.02. The molecule has 0 saturated carbocycles. The zero-order chi connectivity index (χ0) is 15.5. The van der Waals surface area contributed by atoms with Crippen LogP contribution in [0.25, 0.3) is 6.08 Å². The van der Waals surface area contributed by atoms with Crippen molar-refractivity contribution in [3.8, 4) is 6.07 Å². The summed E-state index contributed by atoms with van der Waals surface area (Å²) < 4.78 is 25.0. The van der Waals surface area contributed by atoms with E-state index in [0.29, 0.717) is 5.56 Å². The van der Waals surface area contributed by atoms with Crippen molar-refractivity contribution in [2.75, 3.05) is 0 Å². The van der Waals surface area contributed by atoms with Crippen LogP contribution in [0.3, 0.4) is 0 Å². The van der Waals surface area contributed by atoms with E-state index in [1.165, 1.54) is 24.3 Å². The zero-order valence-electron chi connectivity index (χ0n) is 10.6. The number of hydrogen-bond donors (Lipinski definition) is 0. The van der Waals surface area contributed by atoms with Gasteiger partial charge >= 0.3 is 0 Å². The Labute approximate surface area is 133 Å². The maximum absolute atomic E-state index is 12.5. The maximum atomic E-state index is 12.5. The Balaban J connectivity index is 2.59. The van der Waals surface area contributed by atoms with E-state index in [2.05, 4.69) is 0 Å². The first-order valence-electron chi connectivity index (χ1n) is 5.82. The highest BCUT2D eigenvalue weighted by atomic mass is 35.5. The summed E-state index contributed by atoms with van der Waals surface area (Å²) >= 11 is 11.7. The molecule has 0 bridgehead atoms. The molecule has 21 heavy (non-hydrogen) atoms. The molecule has 0 N–H and O–H groups in total. The summed E-state index contributed by atoms with van der Waals surface area (Å²) in [6.45, 7) is 0. The highest BCUT2D eigenvalue weighted by molar-refractivity contribution is 7.95. The van der Waals surface area contributed by atoms with Gasteiger partial charge in [0.25, 0.3) is 0 Å². The molecule has 0 spiro atoms. The van der Waals surface area contributed by atoms with E-state index >= 15 is 0 Å². The summed E-state index contributed by atoms with van der Waals surface area (Å²) in [5.41, 5.74) is 0.607. The van der Waals surface area contributed by atoms with Crippen LogP contribution in [-0.2, 0) is 9.84 Å². The van der Waals surface area contributed by atoms with E-state index in [9.17, 15) is 13.7 Å². The Kier molecular flexibility index (Phi) is 4.69. The molecule has 0 saturated heterocycles. The van der Waals surface area contributed by atoms with Crippen molar-refractivity contribution in [2.45, 2.75) is 4.90 Å². The lowest BCUT2D eigenvalue weighted by molar-refractivity contribution is 0.603. The van der Waals surface area contributed by atoms with Crippen LogP contribution >= 0.6 is 23.2 Å². The van der Waals surface area contributed by atoms with Gasteiger partial charge in [0.15, 0.2) is 0 Å². The van der Waals surface area contributed by atoms with Crippen molar-refractivity contribution in [3.63, 3.8) is 0 Å². The van der Waals surface area contributed by atoms with Crippen LogP contribution in [0.4, 0.5) is 0 Å². The Bertz CT molecular complexity index is 838. The van der Waals surface area contributed by atoms with Gasteiger partial charge in [-0.25, -0.2) is 8.42 Å². The van der Waals surface area contributed by atoms with Gasteiger partial charge in [0, 0.05) is 5.02 Å². The first kappa shape index (κ1) is 15.6. The fourth-order valence-corrected chi connectivity index (χ4v) is 3.59. The van der Waals surface area contributed by atoms with E-state index in [1.54, 1.807) is 36.4 Å². The average molecular weight is 338 g/mol. The molecule has 0 heterocycles. The normalized spacial score (nSPS) is 12.0. The summed E-state index contributed by atoms with van der Waals surface area (Å²) in [4.78, 5) is -0.571. The third-order valence-electron chi connectivity index (χ3n) is 2.68. The lowest BCUT2D eigenvalue weighted by Crippen LogP contribution is -2.04. The number of halogens is 2. The average Bonchev–Trinajstić information content (AvgIpc) is 2.48. The van der Waals surface area contributed by atoms with Crippen LogP contribution in [0, 0.1) is 11.3 Å². The number of rotatable bonds is 3. The number of hydrogen-bond acceptors (Lipinski definition) is 3. The molecule has 0 aliphatic rings. The van der Waals surface area contributed by atoms with Gasteiger partial charge in [-0.2, -0.15) is 5.26 Å². The van der Waals surface area contributed by atoms with Crippen molar-refractivity contribution in [1.82, 2.24) is 0 Å². The Morgan fingerprint density at radius 2 is 1.76 bits per heavy atom. The number of nitriles is 1. The predicted octanol–water partition coefficient (Wildman–Crippen LogP) is 4.33. The minimum Gasteiger partial charge on any atom is -0.218 e. The molecule has 0 aromatic heterocycles. The lowest BCUT2D eigenvalue weighted by Gasteiger charge is -2.06. The third kappa shape index (κ3) is 3.45. The molecule has 0 aliphatic carbocycles. The smallest absolute Gasteiger partial charge is 0.218 e. The second-order valence-corrected chi connectivity index (χ2v) is 6.84. The standard InChI is InChI=1S/C15H9Cl2NO2S/c16-12-6-7-14(17)15(9-12)21(19,20)13(10-18)8-11-4-2-1-3-5-11/h1-9H/b13-8-. The summed E-state index contributed by atoms with van der Waals surface area (Å²) in [6.07, 6.45) is 1.30. The Morgan fingerprint density at radius 3 is 2.38 bits per heavy atom. The highest BCUT2D eigenvalue weighted by Gasteiger charge is 2.24. The van der Waals surface area contributed by atoms with Crippen molar-refractivity contribution in [1.29, 1.82) is 5.26 Å². The first-order chi connectivity index (χ1) is 9.95. The fraction of sp³-hybridized carbons (Fsp3) is 0. The van der Waals surface area contributed by atoms with Crippen molar-refractivity contribution in [2.24, 2.45) is 0 Å². The van der Waals surface area contributed by atoms with Crippen LogP contribution in [0.5, 0.6) is 0 Å². The van der Waals surface area contributed by atoms with Gasteiger partial charge in [-0.3, -0.25) is 0 Å². The molecule has 3 nitrogen and oxygen atoms in total. The zero-order valence-corrected chi connectivity index (χ0v) is 13.0. The molecule has 0 unspecified atom stereocenters. The van der Waals surface area contributed by atoms with Crippen LogP contribution in [0.1, 0.15) is 5.56 Å². The Hall–Kier alpha value is -1.80. The highest BCUT2D eigenvalue weighted by Crippen LogP contribution is 2.30. The summed E-state index contributed by atoms with van der Waals surface area (Å²) in [5, 5.41) is 9.42. The van der Waals surface area contributed by atoms with Crippen molar-refractivity contribution >= 4 is 39.1 Å². The largest absolute Gasteiger partial charge is 0.218 e. The fourth-order valence-electron chi connectivity index (χ4n) is 1.67. The van der Waals surface area contributed by atoms with Crippen molar-refractivity contribution < 1.29 is 8.42 Å². The van der Waals surface area contributed by atoms with Crippen molar-refractivity contribution in [3.05, 3.63) is 69.0 Å². The summed E-state index contributed by atoms with van der Waals surface area (Å²) in [6, 6.07) is 14.5. The Morgan fingerprint density at radius 1 is 1.10 bits per heavy atom. The van der Waals surface area contributed by atoms with E-state index in [0.717, 1.165) is 0 Å². The number of allylic oxidation sites excluding steroid dienone is 1. The molecule has 2 rings (SSSR count). The summed E-state index contributed by atoms with van der Waals surface area (Å²) in [5.74, 6) is 0. The molecule has 2 aromatic carbocycles. The van der Waals surface area contributed by atoms with Gasteiger partial charge in [0.05, 0.1) is 9.92 Å². The second-order valence-electron chi connectivity index (χ2n) is 4.11. The number of sulfone groups is 1. The van der Waals surface area contributed by atoms with Crippen LogP contribution < -0.4 is 0 Å². The van der Waals surface area contributed by atoms with Gasteiger partial charge in [0.1, 0.15) is 11.0 Å². The second kappa shape index (κ2) is 6.31. The van der Waals surface area contributed by atoms with Gasteiger partial charge in [-0.05, 0) is 29.8 Å². The van der Waals surface area contributed by atoms with Gasteiger partial charge in [0.2, 0.25) is 9.84 Å². The van der Waals surface area contributed by atoms with Crippen LogP contribution in [0.2, 0.25) is 10.0 Å².